The lowest BCUT2D eigenvalue weighted by molar-refractivity contribution is -0.155. The lowest BCUT2D eigenvalue weighted by atomic mass is 9.77. The van der Waals surface area contributed by atoms with Crippen molar-refractivity contribution in [3.8, 4) is 0 Å². The van der Waals surface area contributed by atoms with E-state index in [1.807, 2.05) is 0 Å². The molecule has 0 radical (unpaired) electrons. The SMILES string of the molecule is COC(=O)C1(NC(=O)C2CNCCO2)CCC(C)CC1.Cl. The Hall–Kier alpha value is -0.850. The molecule has 1 saturated heterocycles. The molecule has 122 valence electrons. The Balaban J connectivity index is 0.00000220. The molecule has 1 aliphatic carbocycles. The molecule has 1 atom stereocenters. The molecule has 0 aromatic carbocycles. The van der Waals surface area contributed by atoms with Crippen LogP contribution in [0.1, 0.15) is 32.6 Å². The van der Waals surface area contributed by atoms with Crippen molar-refractivity contribution in [3.63, 3.8) is 0 Å². The standard InChI is InChI=1S/C14H24N2O4.ClH/c1-10-3-5-14(6-4-10,13(18)19-2)16-12(17)11-9-15-7-8-20-11;/h10-11,15H,3-9H2,1-2H3,(H,16,17);1H. The molecule has 1 unspecified atom stereocenters. The van der Waals surface area contributed by atoms with Crippen molar-refractivity contribution in [1.29, 1.82) is 0 Å². The number of nitrogens with one attached hydrogen (secondary N) is 2. The zero-order valence-corrected chi connectivity index (χ0v) is 13.5. The van der Waals surface area contributed by atoms with Gasteiger partial charge < -0.3 is 20.1 Å². The van der Waals surface area contributed by atoms with Gasteiger partial charge in [0.1, 0.15) is 11.6 Å². The maximum absolute atomic E-state index is 12.3. The molecule has 21 heavy (non-hydrogen) atoms. The lowest BCUT2D eigenvalue weighted by Gasteiger charge is -2.38. The summed E-state index contributed by atoms with van der Waals surface area (Å²) in [5, 5.41) is 6.01. The Labute approximate surface area is 131 Å². The summed E-state index contributed by atoms with van der Waals surface area (Å²) in [6, 6.07) is 0. The highest BCUT2D eigenvalue weighted by atomic mass is 35.5. The second kappa shape index (κ2) is 7.96. The fourth-order valence-electron chi connectivity index (χ4n) is 2.88. The average Bonchev–Trinajstić information content (AvgIpc) is 2.49. The van der Waals surface area contributed by atoms with Gasteiger partial charge in [-0.1, -0.05) is 6.92 Å². The topological polar surface area (TPSA) is 76.7 Å². The number of ether oxygens (including phenoxy) is 2. The van der Waals surface area contributed by atoms with Crippen LogP contribution >= 0.6 is 12.4 Å². The molecule has 0 aromatic rings. The van der Waals surface area contributed by atoms with E-state index < -0.39 is 11.6 Å². The van der Waals surface area contributed by atoms with Crippen LogP contribution in [0.15, 0.2) is 0 Å². The summed E-state index contributed by atoms with van der Waals surface area (Å²) in [4.78, 5) is 24.4. The van der Waals surface area contributed by atoms with Crippen LogP contribution in [-0.2, 0) is 19.1 Å². The number of amides is 1. The maximum atomic E-state index is 12.3. The first-order valence-corrected chi connectivity index (χ1v) is 7.30. The molecule has 1 saturated carbocycles. The predicted molar refractivity (Wildman–Crippen MR) is 80.4 cm³/mol. The molecule has 0 spiro atoms. The first kappa shape index (κ1) is 18.2. The Morgan fingerprint density at radius 1 is 1.33 bits per heavy atom. The van der Waals surface area contributed by atoms with E-state index in [9.17, 15) is 9.59 Å². The van der Waals surface area contributed by atoms with Crippen molar-refractivity contribution in [1.82, 2.24) is 10.6 Å². The third kappa shape index (κ3) is 4.31. The average molecular weight is 321 g/mol. The molecule has 7 heteroatoms. The molecule has 2 rings (SSSR count). The van der Waals surface area contributed by atoms with E-state index in [2.05, 4.69) is 17.6 Å². The first-order chi connectivity index (χ1) is 9.57. The van der Waals surface area contributed by atoms with Crippen molar-refractivity contribution in [2.45, 2.75) is 44.2 Å². The van der Waals surface area contributed by atoms with E-state index in [1.54, 1.807) is 0 Å². The summed E-state index contributed by atoms with van der Waals surface area (Å²) in [7, 11) is 1.37. The summed E-state index contributed by atoms with van der Waals surface area (Å²) in [5.74, 6) is 0.0101. The van der Waals surface area contributed by atoms with Crippen LogP contribution in [0, 0.1) is 5.92 Å². The largest absolute Gasteiger partial charge is 0.467 e. The van der Waals surface area contributed by atoms with Crippen molar-refractivity contribution in [2.75, 3.05) is 26.8 Å². The Kier molecular flexibility index (Phi) is 6.90. The molecule has 1 amide bonds. The van der Waals surface area contributed by atoms with Gasteiger partial charge in [-0.15, -0.1) is 12.4 Å². The molecule has 1 heterocycles. The minimum absolute atomic E-state index is 0. The van der Waals surface area contributed by atoms with Gasteiger partial charge in [-0.25, -0.2) is 4.79 Å². The monoisotopic (exact) mass is 320 g/mol. The fraction of sp³-hybridized carbons (Fsp3) is 0.857. The van der Waals surface area contributed by atoms with Crippen molar-refractivity contribution < 1.29 is 19.1 Å². The Morgan fingerprint density at radius 3 is 2.52 bits per heavy atom. The fourth-order valence-corrected chi connectivity index (χ4v) is 2.88. The molecule has 0 aromatic heterocycles. The van der Waals surface area contributed by atoms with Gasteiger partial charge in [-0.3, -0.25) is 4.79 Å². The molecular weight excluding hydrogens is 296 g/mol. The number of esters is 1. The number of hydrogen-bond donors (Lipinski definition) is 2. The van der Waals surface area contributed by atoms with Crippen LogP contribution < -0.4 is 10.6 Å². The van der Waals surface area contributed by atoms with Crippen molar-refractivity contribution in [2.24, 2.45) is 5.92 Å². The van der Waals surface area contributed by atoms with Crippen LogP contribution in [0.25, 0.3) is 0 Å². The number of methoxy groups -OCH3 is 1. The van der Waals surface area contributed by atoms with Gasteiger partial charge in [0.05, 0.1) is 13.7 Å². The summed E-state index contributed by atoms with van der Waals surface area (Å²) in [6.07, 6.45) is 2.57. The Bertz CT molecular complexity index is 364. The minimum atomic E-state index is -0.876. The number of carbonyl (C=O) groups is 2. The van der Waals surface area contributed by atoms with Crippen LogP contribution in [-0.4, -0.2) is 50.3 Å². The molecule has 0 bridgehead atoms. The molecule has 6 nitrogen and oxygen atoms in total. The van der Waals surface area contributed by atoms with E-state index >= 15 is 0 Å². The van der Waals surface area contributed by atoms with E-state index in [4.69, 9.17) is 9.47 Å². The molecule has 2 aliphatic rings. The van der Waals surface area contributed by atoms with Crippen molar-refractivity contribution >= 4 is 24.3 Å². The van der Waals surface area contributed by atoms with Crippen LogP contribution in [0.3, 0.4) is 0 Å². The third-order valence-corrected chi connectivity index (χ3v) is 4.29. The number of carbonyl (C=O) groups excluding carboxylic acids is 2. The zero-order chi connectivity index (χ0) is 14.6. The van der Waals surface area contributed by atoms with E-state index in [-0.39, 0.29) is 24.3 Å². The quantitative estimate of drug-likeness (QED) is 0.746. The van der Waals surface area contributed by atoms with Gasteiger partial charge in [0, 0.05) is 13.1 Å². The number of rotatable bonds is 3. The summed E-state index contributed by atoms with van der Waals surface area (Å²) < 4.78 is 10.3. The second-order valence-corrected chi connectivity index (χ2v) is 5.81. The van der Waals surface area contributed by atoms with Crippen LogP contribution in [0.2, 0.25) is 0 Å². The van der Waals surface area contributed by atoms with Gasteiger partial charge in [0.25, 0.3) is 5.91 Å². The predicted octanol–water partition coefficient (Wildman–Crippen LogP) is 0.635. The lowest BCUT2D eigenvalue weighted by Crippen LogP contribution is -2.60. The highest BCUT2D eigenvalue weighted by molar-refractivity contribution is 5.90. The van der Waals surface area contributed by atoms with Gasteiger partial charge in [0.15, 0.2) is 0 Å². The molecule has 2 N–H and O–H groups in total. The van der Waals surface area contributed by atoms with Gasteiger partial charge in [0.2, 0.25) is 0 Å². The number of hydrogen-bond acceptors (Lipinski definition) is 5. The number of halogens is 1. The normalized spacial score (nSPS) is 32.7. The summed E-state index contributed by atoms with van der Waals surface area (Å²) in [6.45, 7) is 3.92. The van der Waals surface area contributed by atoms with Crippen LogP contribution in [0.5, 0.6) is 0 Å². The molecular formula is C14H25ClN2O4. The van der Waals surface area contributed by atoms with E-state index in [1.165, 1.54) is 7.11 Å². The summed E-state index contributed by atoms with van der Waals surface area (Å²) >= 11 is 0. The van der Waals surface area contributed by atoms with Gasteiger partial charge in [-0.2, -0.15) is 0 Å². The third-order valence-electron chi connectivity index (χ3n) is 4.29. The smallest absolute Gasteiger partial charge is 0.331 e. The maximum Gasteiger partial charge on any atom is 0.331 e. The number of morpholine rings is 1. The zero-order valence-electron chi connectivity index (χ0n) is 12.6. The highest BCUT2D eigenvalue weighted by Crippen LogP contribution is 2.33. The molecule has 1 aliphatic heterocycles. The van der Waals surface area contributed by atoms with Gasteiger partial charge in [-0.05, 0) is 31.6 Å². The highest BCUT2D eigenvalue weighted by Gasteiger charge is 2.44. The van der Waals surface area contributed by atoms with Gasteiger partial charge >= 0.3 is 5.97 Å². The van der Waals surface area contributed by atoms with E-state index in [0.29, 0.717) is 31.9 Å². The molecule has 2 fully saturated rings. The first-order valence-electron chi connectivity index (χ1n) is 7.30. The van der Waals surface area contributed by atoms with Crippen molar-refractivity contribution in [3.05, 3.63) is 0 Å². The second-order valence-electron chi connectivity index (χ2n) is 5.81. The minimum Gasteiger partial charge on any atom is -0.467 e. The summed E-state index contributed by atoms with van der Waals surface area (Å²) in [5.41, 5.74) is -0.876. The Morgan fingerprint density at radius 2 is 2.00 bits per heavy atom. The van der Waals surface area contributed by atoms with E-state index in [0.717, 1.165) is 19.4 Å². The van der Waals surface area contributed by atoms with Crippen LogP contribution in [0.4, 0.5) is 0 Å².